The molecule has 0 aliphatic heterocycles. The van der Waals surface area contributed by atoms with Gasteiger partial charge in [-0.1, -0.05) is 52.0 Å². The molecule has 0 aliphatic carbocycles. The highest BCUT2D eigenvalue weighted by molar-refractivity contribution is 9.10. The summed E-state index contributed by atoms with van der Waals surface area (Å²) in [5.41, 5.74) is 3.86. The predicted octanol–water partition coefficient (Wildman–Crippen LogP) is 3.85. The highest BCUT2D eigenvalue weighted by Gasteiger charge is 2.15. The number of hydrogen-bond acceptors (Lipinski definition) is 7. The van der Waals surface area contributed by atoms with Gasteiger partial charge in [0.1, 0.15) is 5.75 Å². The normalized spacial score (nSPS) is 11.0. The Labute approximate surface area is 217 Å². The number of thioether (sulfide) groups is 1. The van der Waals surface area contributed by atoms with Crippen molar-refractivity contribution in [2.24, 2.45) is 5.10 Å². The Bertz CT molecular complexity index is 1500. The van der Waals surface area contributed by atoms with E-state index in [0.717, 1.165) is 16.2 Å². The smallest absolute Gasteiger partial charge is 0.341 e. The first-order valence-corrected chi connectivity index (χ1v) is 12.4. The number of nitrogens with zero attached hydrogens (tertiary/aromatic N) is 3. The van der Waals surface area contributed by atoms with E-state index in [1.54, 1.807) is 60.7 Å². The zero-order valence-electron chi connectivity index (χ0n) is 18.6. The van der Waals surface area contributed by atoms with Crippen LogP contribution in [0.15, 0.2) is 92.3 Å². The fraction of sp³-hybridized carbons (Fsp3) is 0.0800. The molecule has 0 fully saturated rings. The lowest BCUT2D eigenvalue weighted by Crippen LogP contribution is -2.24. The van der Waals surface area contributed by atoms with Gasteiger partial charge in [-0.25, -0.2) is 15.2 Å². The number of fused-ring (bicyclic) bond motifs is 1. The lowest BCUT2D eigenvalue weighted by atomic mass is 10.2. The van der Waals surface area contributed by atoms with E-state index >= 15 is 0 Å². The van der Waals surface area contributed by atoms with Crippen molar-refractivity contribution in [3.8, 4) is 11.4 Å². The van der Waals surface area contributed by atoms with Crippen LogP contribution in [0.1, 0.15) is 5.56 Å². The van der Waals surface area contributed by atoms with E-state index in [0.29, 0.717) is 33.1 Å². The average Bonchev–Trinajstić information content (AvgIpc) is 2.88. The average molecular weight is 567 g/mol. The van der Waals surface area contributed by atoms with Gasteiger partial charge in [-0.3, -0.25) is 14.2 Å². The number of hydrogen-bond donors (Lipinski definition) is 2. The van der Waals surface area contributed by atoms with Gasteiger partial charge in [-0.05, 0) is 48.5 Å². The minimum absolute atomic E-state index is 0.0458. The number of para-hydroxylation sites is 2. The van der Waals surface area contributed by atoms with Crippen LogP contribution in [0.25, 0.3) is 16.6 Å². The van der Waals surface area contributed by atoms with Gasteiger partial charge >= 0.3 is 5.97 Å². The SMILES string of the molecule is O=C(O)COc1ccccc1/C=N\NC(=O)CSc1nc2ccccc2c(=O)n1-c1ccc(Br)cc1. The van der Waals surface area contributed by atoms with Gasteiger partial charge in [-0.15, -0.1) is 0 Å². The number of nitrogens with one attached hydrogen (secondary N) is 1. The number of aromatic nitrogens is 2. The van der Waals surface area contributed by atoms with Crippen LogP contribution in [-0.4, -0.2) is 45.1 Å². The van der Waals surface area contributed by atoms with Gasteiger partial charge in [0.15, 0.2) is 11.8 Å². The van der Waals surface area contributed by atoms with Crippen molar-refractivity contribution in [1.29, 1.82) is 0 Å². The molecule has 3 aromatic carbocycles. The molecule has 4 rings (SSSR count). The van der Waals surface area contributed by atoms with Crippen molar-refractivity contribution in [2.45, 2.75) is 5.16 Å². The second kappa shape index (κ2) is 11.6. The maximum Gasteiger partial charge on any atom is 0.341 e. The lowest BCUT2D eigenvalue weighted by Gasteiger charge is -2.13. The third-order valence-corrected chi connectivity index (χ3v) is 6.29. The van der Waals surface area contributed by atoms with Crippen molar-refractivity contribution < 1.29 is 19.4 Å². The molecule has 11 heteroatoms. The van der Waals surface area contributed by atoms with Gasteiger partial charge in [0, 0.05) is 10.0 Å². The summed E-state index contributed by atoms with van der Waals surface area (Å²) in [5, 5.41) is 13.6. The number of hydrazone groups is 1. The maximum absolute atomic E-state index is 13.3. The number of ether oxygens (including phenoxy) is 1. The van der Waals surface area contributed by atoms with Crippen LogP contribution < -0.4 is 15.7 Å². The van der Waals surface area contributed by atoms with Crippen LogP contribution in [0.5, 0.6) is 5.75 Å². The predicted molar refractivity (Wildman–Crippen MR) is 141 cm³/mol. The summed E-state index contributed by atoms with van der Waals surface area (Å²) in [6.07, 6.45) is 1.37. The molecule has 182 valence electrons. The van der Waals surface area contributed by atoms with Gasteiger partial charge in [0.25, 0.3) is 11.5 Å². The number of rotatable bonds is 9. The number of amides is 1. The number of aliphatic carboxylic acids is 1. The molecular weight excluding hydrogens is 548 g/mol. The molecule has 0 aliphatic rings. The molecule has 0 bridgehead atoms. The first-order valence-electron chi connectivity index (χ1n) is 10.6. The number of benzene rings is 3. The van der Waals surface area contributed by atoms with E-state index < -0.39 is 18.5 Å². The summed E-state index contributed by atoms with van der Waals surface area (Å²) in [4.78, 5) is 41.1. The molecule has 1 amide bonds. The summed E-state index contributed by atoms with van der Waals surface area (Å²) in [6, 6.07) is 21.0. The highest BCUT2D eigenvalue weighted by atomic mass is 79.9. The molecule has 36 heavy (non-hydrogen) atoms. The Hall–Kier alpha value is -3.96. The molecule has 0 saturated heterocycles. The van der Waals surface area contributed by atoms with Crippen molar-refractivity contribution in [1.82, 2.24) is 15.0 Å². The first-order chi connectivity index (χ1) is 17.4. The summed E-state index contributed by atoms with van der Waals surface area (Å²) in [7, 11) is 0. The minimum Gasteiger partial charge on any atom is -0.481 e. The van der Waals surface area contributed by atoms with Gasteiger partial charge in [0.05, 0.1) is 28.6 Å². The molecule has 1 heterocycles. The van der Waals surface area contributed by atoms with Gasteiger partial charge in [-0.2, -0.15) is 5.10 Å². The second-order valence-electron chi connectivity index (χ2n) is 7.33. The Morgan fingerprint density at radius 2 is 1.81 bits per heavy atom. The number of carboxylic acids is 1. The molecular formula is C25H19BrN4O5S. The number of carboxylic acid groups (broad SMARTS) is 1. The van der Waals surface area contributed by atoms with Crippen molar-refractivity contribution in [3.05, 3.63) is 93.2 Å². The quantitative estimate of drug-likeness (QED) is 0.136. The summed E-state index contributed by atoms with van der Waals surface area (Å²) in [6.45, 7) is -0.493. The van der Waals surface area contributed by atoms with E-state index in [-0.39, 0.29) is 11.3 Å². The Kier molecular flexibility index (Phi) is 8.13. The zero-order chi connectivity index (χ0) is 25.5. The van der Waals surface area contributed by atoms with Crippen LogP contribution in [0.4, 0.5) is 0 Å². The molecule has 0 spiro atoms. The second-order valence-corrected chi connectivity index (χ2v) is 9.19. The summed E-state index contributed by atoms with van der Waals surface area (Å²) < 4.78 is 7.57. The number of carbonyl (C=O) groups is 2. The lowest BCUT2D eigenvalue weighted by molar-refractivity contribution is -0.139. The molecule has 0 unspecified atom stereocenters. The fourth-order valence-corrected chi connectivity index (χ4v) is 4.29. The van der Waals surface area contributed by atoms with Crippen LogP contribution in [-0.2, 0) is 9.59 Å². The van der Waals surface area contributed by atoms with Crippen LogP contribution in [0, 0.1) is 0 Å². The van der Waals surface area contributed by atoms with E-state index in [1.165, 1.54) is 10.8 Å². The minimum atomic E-state index is -1.10. The van der Waals surface area contributed by atoms with Crippen LogP contribution in [0.2, 0.25) is 0 Å². The monoisotopic (exact) mass is 566 g/mol. The molecule has 0 radical (unpaired) electrons. The molecule has 2 N–H and O–H groups in total. The van der Waals surface area contributed by atoms with E-state index in [2.05, 4.69) is 31.4 Å². The van der Waals surface area contributed by atoms with Gasteiger partial charge < -0.3 is 9.84 Å². The molecule has 1 aromatic heterocycles. The number of halogens is 1. The topological polar surface area (TPSA) is 123 Å². The highest BCUT2D eigenvalue weighted by Crippen LogP contribution is 2.22. The van der Waals surface area contributed by atoms with E-state index in [4.69, 9.17) is 9.84 Å². The Morgan fingerprint density at radius 3 is 2.58 bits per heavy atom. The largest absolute Gasteiger partial charge is 0.481 e. The fourth-order valence-electron chi connectivity index (χ4n) is 3.22. The van der Waals surface area contributed by atoms with Crippen LogP contribution in [0.3, 0.4) is 0 Å². The summed E-state index contributed by atoms with van der Waals surface area (Å²) in [5.74, 6) is -1.23. The van der Waals surface area contributed by atoms with E-state index in [9.17, 15) is 14.4 Å². The van der Waals surface area contributed by atoms with Crippen molar-refractivity contribution in [2.75, 3.05) is 12.4 Å². The molecule has 4 aromatic rings. The van der Waals surface area contributed by atoms with Crippen molar-refractivity contribution >= 4 is 56.7 Å². The first kappa shape index (κ1) is 25.1. The van der Waals surface area contributed by atoms with Gasteiger partial charge in [0.2, 0.25) is 0 Å². The third-order valence-electron chi connectivity index (χ3n) is 4.83. The summed E-state index contributed by atoms with van der Waals surface area (Å²) >= 11 is 4.50. The zero-order valence-corrected chi connectivity index (χ0v) is 21.0. The molecule has 0 saturated carbocycles. The van der Waals surface area contributed by atoms with Crippen molar-refractivity contribution in [3.63, 3.8) is 0 Å². The Balaban J connectivity index is 1.50. The maximum atomic E-state index is 13.3. The van der Waals surface area contributed by atoms with E-state index in [1.807, 2.05) is 12.1 Å². The number of carbonyl (C=O) groups excluding carboxylic acids is 1. The standard InChI is InChI=1S/C25H19BrN4O5S/c26-17-9-11-18(12-10-17)30-24(34)19-6-2-3-7-20(19)28-25(30)36-15-22(31)29-27-13-16-5-1-4-8-21(16)35-14-23(32)33/h1-13H,14-15H2,(H,29,31)(H,32,33)/b27-13-. The Morgan fingerprint density at radius 1 is 1.08 bits per heavy atom. The molecule has 9 nitrogen and oxygen atoms in total. The third kappa shape index (κ3) is 6.18. The van der Waals surface area contributed by atoms with Crippen LogP contribution >= 0.6 is 27.7 Å². The molecule has 0 atom stereocenters.